The van der Waals surface area contributed by atoms with Gasteiger partial charge in [0, 0.05) is 11.3 Å². The number of rotatable bonds is 6. The molecule has 0 saturated carbocycles. The van der Waals surface area contributed by atoms with Crippen LogP contribution in [0.3, 0.4) is 0 Å². The number of aromatic nitrogens is 1. The standard InChI is InChI=1S/C16H20N4O4S/c1-9(13(21)19-10(2)16(23)24-3)18-14(22)12-8-25-15(20-12)11-4-6-17-7-5-11/h8,11,17H,1-2,4-7H2,3H3,(H,18,22)(H,19,21). The predicted octanol–water partition coefficient (Wildman–Crippen LogP) is 0.656. The van der Waals surface area contributed by atoms with Crippen molar-refractivity contribution >= 4 is 29.1 Å². The normalized spacial score (nSPS) is 14.4. The van der Waals surface area contributed by atoms with Crippen LogP contribution in [0.5, 0.6) is 0 Å². The first kappa shape index (κ1) is 18.8. The molecule has 1 aliphatic rings. The van der Waals surface area contributed by atoms with E-state index in [1.807, 2.05) is 0 Å². The van der Waals surface area contributed by atoms with Crippen molar-refractivity contribution in [3.8, 4) is 0 Å². The zero-order valence-corrected chi connectivity index (χ0v) is 14.7. The summed E-state index contributed by atoms with van der Waals surface area (Å²) < 4.78 is 4.42. The Morgan fingerprint density at radius 3 is 2.56 bits per heavy atom. The number of thiazole rings is 1. The molecule has 0 radical (unpaired) electrons. The zero-order valence-electron chi connectivity index (χ0n) is 13.9. The SMILES string of the molecule is C=C(NC(=O)c1csc(C2CCNCC2)n1)C(=O)NC(=C)C(=O)OC. The number of esters is 1. The van der Waals surface area contributed by atoms with Gasteiger partial charge in [-0.15, -0.1) is 11.3 Å². The van der Waals surface area contributed by atoms with Crippen LogP contribution in [0.4, 0.5) is 0 Å². The average molecular weight is 364 g/mol. The smallest absolute Gasteiger partial charge is 0.353 e. The molecule has 25 heavy (non-hydrogen) atoms. The Hall–Kier alpha value is -2.52. The highest BCUT2D eigenvalue weighted by atomic mass is 32.1. The van der Waals surface area contributed by atoms with Crippen LogP contribution in [0.2, 0.25) is 0 Å². The molecule has 1 fully saturated rings. The number of hydrogen-bond acceptors (Lipinski definition) is 7. The first-order valence-corrected chi connectivity index (χ1v) is 8.55. The third kappa shape index (κ3) is 4.97. The molecule has 0 unspecified atom stereocenters. The molecule has 9 heteroatoms. The van der Waals surface area contributed by atoms with Crippen LogP contribution < -0.4 is 16.0 Å². The highest BCUT2D eigenvalue weighted by Gasteiger charge is 2.21. The zero-order chi connectivity index (χ0) is 18.4. The van der Waals surface area contributed by atoms with Crippen molar-refractivity contribution in [3.05, 3.63) is 40.6 Å². The second-order valence-corrected chi connectivity index (χ2v) is 6.34. The van der Waals surface area contributed by atoms with E-state index in [0.717, 1.165) is 30.9 Å². The summed E-state index contributed by atoms with van der Waals surface area (Å²) in [7, 11) is 1.17. The molecule has 0 aromatic carbocycles. The van der Waals surface area contributed by atoms with E-state index >= 15 is 0 Å². The van der Waals surface area contributed by atoms with Crippen LogP contribution in [-0.4, -0.2) is 43.0 Å². The molecule has 2 heterocycles. The molecule has 0 aliphatic carbocycles. The molecule has 2 amide bonds. The van der Waals surface area contributed by atoms with E-state index in [-0.39, 0.29) is 17.1 Å². The summed E-state index contributed by atoms with van der Waals surface area (Å²) in [6.07, 6.45) is 1.97. The van der Waals surface area contributed by atoms with Crippen LogP contribution in [0.15, 0.2) is 29.9 Å². The lowest BCUT2D eigenvalue weighted by Crippen LogP contribution is -2.35. The lowest BCUT2D eigenvalue weighted by Gasteiger charge is -2.20. The largest absolute Gasteiger partial charge is 0.464 e. The van der Waals surface area contributed by atoms with Crippen LogP contribution >= 0.6 is 11.3 Å². The van der Waals surface area contributed by atoms with Gasteiger partial charge in [0.15, 0.2) is 0 Å². The van der Waals surface area contributed by atoms with Gasteiger partial charge in [0.2, 0.25) is 0 Å². The Balaban J connectivity index is 1.91. The maximum atomic E-state index is 12.2. The Morgan fingerprint density at radius 2 is 1.92 bits per heavy atom. The maximum Gasteiger partial charge on any atom is 0.353 e. The van der Waals surface area contributed by atoms with Gasteiger partial charge in [-0.1, -0.05) is 13.2 Å². The molecule has 8 nitrogen and oxygen atoms in total. The number of methoxy groups -OCH3 is 1. The minimum atomic E-state index is -0.779. The van der Waals surface area contributed by atoms with E-state index in [1.165, 1.54) is 18.4 Å². The molecule has 0 spiro atoms. The summed E-state index contributed by atoms with van der Waals surface area (Å²) in [5.74, 6) is -1.71. The molecule has 1 saturated heterocycles. The van der Waals surface area contributed by atoms with E-state index in [0.29, 0.717) is 5.92 Å². The summed E-state index contributed by atoms with van der Waals surface area (Å²) in [6.45, 7) is 8.72. The second-order valence-electron chi connectivity index (χ2n) is 5.45. The number of amides is 2. The van der Waals surface area contributed by atoms with Crippen LogP contribution in [0, 0.1) is 0 Å². The summed E-state index contributed by atoms with van der Waals surface area (Å²) >= 11 is 1.43. The molecule has 3 N–H and O–H groups in total. The Labute approximate surface area is 149 Å². The van der Waals surface area contributed by atoms with Gasteiger partial charge < -0.3 is 20.7 Å². The van der Waals surface area contributed by atoms with E-state index in [2.05, 4.69) is 38.8 Å². The van der Waals surface area contributed by atoms with E-state index in [1.54, 1.807) is 5.38 Å². The Bertz CT molecular complexity index is 707. The fourth-order valence-electron chi connectivity index (χ4n) is 2.29. The molecule has 134 valence electrons. The van der Waals surface area contributed by atoms with Crippen LogP contribution in [0.25, 0.3) is 0 Å². The second kappa shape index (κ2) is 8.54. The molecule has 1 aliphatic heterocycles. The number of hydrogen-bond donors (Lipinski definition) is 3. The number of carbonyl (C=O) groups excluding carboxylic acids is 3. The minimum absolute atomic E-state index is 0.216. The first-order chi connectivity index (χ1) is 11.9. The highest BCUT2D eigenvalue weighted by molar-refractivity contribution is 7.09. The molecule has 1 aromatic rings. The third-order valence-electron chi connectivity index (χ3n) is 3.68. The number of nitrogens with one attached hydrogen (secondary N) is 3. The summed E-state index contributed by atoms with van der Waals surface area (Å²) in [5.41, 5.74) is -0.226. The highest BCUT2D eigenvalue weighted by Crippen LogP contribution is 2.27. The van der Waals surface area contributed by atoms with Crippen molar-refractivity contribution < 1.29 is 19.1 Å². The number of nitrogens with zero attached hydrogens (tertiary/aromatic N) is 1. The lowest BCUT2D eigenvalue weighted by molar-refractivity contribution is -0.137. The number of ether oxygens (including phenoxy) is 1. The lowest BCUT2D eigenvalue weighted by atomic mass is 9.99. The monoisotopic (exact) mass is 364 g/mol. The van der Waals surface area contributed by atoms with Crippen LogP contribution in [0.1, 0.15) is 34.3 Å². The number of carbonyl (C=O) groups is 3. The third-order valence-corrected chi connectivity index (χ3v) is 4.68. The molecule has 0 atom stereocenters. The molecule has 2 rings (SSSR count). The van der Waals surface area contributed by atoms with E-state index in [4.69, 9.17) is 0 Å². The van der Waals surface area contributed by atoms with Crippen molar-refractivity contribution in [3.63, 3.8) is 0 Å². The Morgan fingerprint density at radius 1 is 1.24 bits per heavy atom. The fourth-order valence-corrected chi connectivity index (χ4v) is 3.26. The van der Waals surface area contributed by atoms with Gasteiger partial charge in [-0.3, -0.25) is 9.59 Å². The van der Waals surface area contributed by atoms with Crippen molar-refractivity contribution in [2.45, 2.75) is 18.8 Å². The van der Waals surface area contributed by atoms with Gasteiger partial charge in [0.05, 0.1) is 17.8 Å². The average Bonchev–Trinajstić information content (AvgIpc) is 3.11. The quantitative estimate of drug-likeness (QED) is 0.505. The van der Waals surface area contributed by atoms with Crippen molar-refractivity contribution in [1.82, 2.24) is 20.9 Å². The summed E-state index contributed by atoms with van der Waals surface area (Å²) in [6, 6.07) is 0. The maximum absolute atomic E-state index is 12.2. The minimum Gasteiger partial charge on any atom is -0.464 e. The predicted molar refractivity (Wildman–Crippen MR) is 92.9 cm³/mol. The van der Waals surface area contributed by atoms with Crippen LogP contribution in [-0.2, 0) is 14.3 Å². The van der Waals surface area contributed by atoms with Crippen molar-refractivity contribution in [2.24, 2.45) is 0 Å². The molecule has 1 aromatic heterocycles. The van der Waals surface area contributed by atoms with Crippen molar-refractivity contribution in [1.29, 1.82) is 0 Å². The van der Waals surface area contributed by atoms with E-state index in [9.17, 15) is 14.4 Å². The molecular weight excluding hydrogens is 344 g/mol. The van der Waals surface area contributed by atoms with Gasteiger partial charge in [0.1, 0.15) is 11.4 Å². The van der Waals surface area contributed by atoms with Gasteiger partial charge in [-0.2, -0.15) is 0 Å². The molecule has 0 bridgehead atoms. The van der Waals surface area contributed by atoms with Gasteiger partial charge in [-0.05, 0) is 25.9 Å². The van der Waals surface area contributed by atoms with Crippen molar-refractivity contribution in [2.75, 3.05) is 20.2 Å². The van der Waals surface area contributed by atoms with Gasteiger partial charge in [0.25, 0.3) is 11.8 Å². The van der Waals surface area contributed by atoms with Gasteiger partial charge >= 0.3 is 5.97 Å². The molecular formula is C16H20N4O4S. The Kier molecular flexibility index (Phi) is 6.43. The fraction of sp³-hybridized carbons (Fsp3) is 0.375. The van der Waals surface area contributed by atoms with Gasteiger partial charge in [-0.25, -0.2) is 9.78 Å². The number of piperidine rings is 1. The summed E-state index contributed by atoms with van der Waals surface area (Å²) in [4.78, 5) is 39.6. The topological polar surface area (TPSA) is 109 Å². The first-order valence-electron chi connectivity index (χ1n) is 7.67. The summed E-state index contributed by atoms with van der Waals surface area (Å²) in [5, 5.41) is 10.4. The van der Waals surface area contributed by atoms with E-state index < -0.39 is 17.8 Å².